The molecule has 0 spiro atoms. The largest absolute Gasteiger partial charge is 0.315 e. The zero-order chi connectivity index (χ0) is 14.0. The minimum atomic E-state index is -0.401. The Labute approximate surface area is 113 Å². The van der Waals surface area contributed by atoms with Crippen LogP contribution in [0.2, 0.25) is 0 Å². The third-order valence-electron chi connectivity index (χ3n) is 3.34. The molecule has 2 rings (SSSR count). The second kappa shape index (κ2) is 5.53. The lowest BCUT2D eigenvalue weighted by Crippen LogP contribution is -2.36. The number of rotatable bonds is 5. The van der Waals surface area contributed by atoms with Crippen molar-refractivity contribution in [3.8, 4) is 0 Å². The zero-order valence-electron chi connectivity index (χ0n) is 11.7. The summed E-state index contributed by atoms with van der Waals surface area (Å²) in [5, 5.41) is 3.25. The monoisotopic (exact) mass is 260 g/mol. The molecule has 4 nitrogen and oxygen atoms in total. The van der Waals surface area contributed by atoms with E-state index in [0.29, 0.717) is 18.7 Å². The maximum Gasteiger partial charge on any atom is 0.299 e. The minimum Gasteiger partial charge on any atom is -0.315 e. The fraction of sp³-hybridized carbons (Fsp3) is 0.467. The molecular weight excluding hydrogens is 240 g/mol. The van der Waals surface area contributed by atoms with E-state index < -0.39 is 5.91 Å². The first-order valence-electron chi connectivity index (χ1n) is 6.74. The Bertz CT molecular complexity index is 523. The number of hydrogen-bond acceptors (Lipinski definition) is 3. The molecule has 0 unspecified atom stereocenters. The highest BCUT2D eigenvalue weighted by Crippen LogP contribution is 2.32. The SMILES string of the molecule is CCCNCCN1C(=O)C(=O)c2cc(C)cc(C)c21. The number of amides is 1. The highest BCUT2D eigenvalue weighted by Gasteiger charge is 2.36. The van der Waals surface area contributed by atoms with Crippen LogP contribution in [-0.2, 0) is 4.79 Å². The van der Waals surface area contributed by atoms with E-state index in [1.165, 1.54) is 0 Å². The van der Waals surface area contributed by atoms with Gasteiger partial charge >= 0.3 is 0 Å². The molecule has 0 aliphatic carbocycles. The summed E-state index contributed by atoms with van der Waals surface area (Å²) >= 11 is 0. The number of carbonyl (C=O) groups is 2. The molecule has 0 radical (unpaired) electrons. The zero-order valence-corrected chi connectivity index (χ0v) is 11.7. The lowest BCUT2D eigenvalue weighted by Gasteiger charge is -2.19. The van der Waals surface area contributed by atoms with E-state index in [1.54, 1.807) is 4.90 Å². The molecule has 0 atom stereocenters. The van der Waals surface area contributed by atoms with Crippen molar-refractivity contribution in [2.75, 3.05) is 24.5 Å². The fourth-order valence-electron chi connectivity index (χ4n) is 2.54. The van der Waals surface area contributed by atoms with E-state index >= 15 is 0 Å². The standard InChI is InChI=1S/C15H20N2O2/c1-4-5-16-6-7-17-13-11(3)8-10(2)9-12(13)14(18)15(17)19/h8-9,16H,4-7H2,1-3H3. The smallest absolute Gasteiger partial charge is 0.299 e. The summed E-state index contributed by atoms with van der Waals surface area (Å²) in [6.45, 7) is 8.16. The first-order chi connectivity index (χ1) is 9.06. The van der Waals surface area contributed by atoms with Gasteiger partial charge in [-0.15, -0.1) is 0 Å². The van der Waals surface area contributed by atoms with Gasteiger partial charge < -0.3 is 10.2 Å². The Hall–Kier alpha value is -1.68. The Morgan fingerprint density at radius 1 is 1.16 bits per heavy atom. The molecule has 0 fully saturated rings. The van der Waals surface area contributed by atoms with E-state index in [-0.39, 0.29) is 5.78 Å². The summed E-state index contributed by atoms with van der Waals surface area (Å²) in [6, 6.07) is 3.82. The molecule has 0 aromatic heterocycles. The Morgan fingerprint density at radius 3 is 2.58 bits per heavy atom. The summed E-state index contributed by atoms with van der Waals surface area (Å²) < 4.78 is 0. The van der Waals surface area contributed by atoms with Crippen LogP contribution in [0.5, 0.6) is 0 Å². The molecule has 1 N–H and O–H groups in total. The number of benzene rings is 1. The molecule has 1 aliphatic rings. The quantitative estimate of drug-likeness (QED) is 0.649. The lowest BCUT2D eigenvalue weighted by molar-refractivity contribution is -0.114. The average Bonchev–Trinajstić information content (AvgIpc) is 2.60. The fourth-order valence-corrected chi connectivity index (χ4v) is 2.54. The Kier molecular flexibility index (Phi) is 4.00. The summed E-state index contributed by atoms with van der Waals surface area (Å²) in [5.41, 5.74) is 3.35. The van der Waals surface area contributed by atoms with Crippen molar-refractivity contribution in [2.45, 2.75) is 27.2 Å². The van der Waals surface area contributed by atoms with Crippen LogP contribution in [0.3, 0.4) is 0 Å². The predicted octanol–water partition coefficient (Wildman–Crippen LogP) is 1.83. The number of anilines is 1. The number of fused-ring (bicyclic) bond motifs is 1. The van der Waals surface area contributed by atoms with E-state index in [9.17, 15) is 9.59 Å². The first-order valence-corrected chi connectivity index (χ1v) is 6.74. The summed E-state index contributed by atoms with van der Waals surface area (Å²) in [7, 11) is 0. The summed E-state index contributed by atoms with van der Waals surface area (Å²) in [5.74, 6) is -0.778. The van der Waals surface area contributed by atoms with Crippen LogP contribution in [0.1, 0.15) is 34.8 Å². The number of ketones is 1. The highest BCUT2D eigenvalue weighted by atomic mass is 16.2. The van der Waals surface area contributed by atoms with Crippen LogP contribution in [0.4, 0.5) is 5.69 Å². The first kappa shape index (κ1) is 13.7. The molecule has 4 heteroatoms. The summed E-state index contributed by atoms with van der Waals surface area (Å²) in [4.78, 5) is 25.6. The third kappa shape index (κ3) is 2.54. The molecule has 0 saturated heterocycles. The minimum absolute atomic E-state index is 0.378. The van der Waals surface area contributed by atoms with Gasteiger partial charge in [0.05, 0.1) is 11.3 Å². The van der Waals surface area contributed by atoms with Crippen molar-refractivity contribution in [3.63, 3.8) is 0 Å². The van der Waals surface area contributed by atoms with Crippen LogP contribution in [0.25, 0.3) is 0 Å². The molecule has 1 heterocycles. The van der Waals surface area contributed by atoms with Crippen LogP contribution in [-0.4, -0.2) is 31.3 Å². The topological polar surface area (TPSA) is 49.4 Å². The normalized spacial score (nSPS) is 14.2. The number of nitrogens with one attached hydrogen (secondary N) is 1. The average molecular weight is 260 g/mol. The molecule has 102 valence electrons. The molecule has 0 bridgehead atoms. The molecule has 1 amide bonds. The van der Waals surface area contributed by atoms with Crippen LogP contribution in [0, 0.1) is 13.8 Å². The molecule has 1 aliphatic heterocycles. The number of carbonyl (C=O) groups excluding carboxylic acids is 2. The van der Waals surface area contributed by atoms with Crippen LogP contribution in [0.15, 0.2) is 12.1 Å². The lowest BCUT2D eigenvalue weighted by atomic mass is 10.0. The van der Waals surface area contributed by atoms with Crippen molar-refractivity contribution >= 4 is 17.4 Å². The van der Waals surface area contributed by atoms with Gasteiger partial charge in [-0.3, -0.25) is 9.59 Å². The number of hydrogen-bond donors (Lipinski definition) is 1. The van der Waals surface area contributed by atoms with Gasteiger partial charge in [0.2, 0.25) is 0 Å². The van der Waals surface area contributed by atoms with Gasteiger partial charge in [0.25, 0.3) is 11.7 Å². The van der Waals surface area contributed by atoms with Gasteiger partial charge in [0.15, 0.2) is 0 Å². The van der Waals surface area contributed by atoms with Crippen LogP contribution >= 0.6 is 0 Å². The molecule has 1 aromatic carbocycles. The predicted molar refractivity (Wildman–Crippen MR) is 75.8 cm³/mol. The number of Topliss-reactive ketones (excluding diaryl/α,β-unsaturated/α-hetero) is 1. The number of nitrogens with zero attached hydrogens (tertiary/aromatic N) is 1. The molecular formula is C15H20N2O2. The van der Waals surface area contributed by atoms with Gasteiger partial charge in [-0.2, -0.15) is 0 Å². The Balaban J connectivity index is 2.23. The van der Waals surface area contributed by atoms with Crippen molar-refractivity contribution in [2.24, 2.45) is 0 Å². The van der Waals surface area contributed by atoms with Gasteiger partial charge in [0, 0.05) is 13.1 Å². The second-order valence-corrected chi connectivity index (χ2v) is 5.01. The van der Waals surface area contributed by atoms with Crippen molar-refractivity contribution in [1.29, 1.82) is 0 Å². The van der Waals surface area contributed by atoms with Gasteiger partial charge in [-0.1, -0.05) is 13.0 Å². The van der Waals surface area contributed by atoms with Crippen molar-refractivity contribution < 1.29 is 9.59 Å². The van der Waals surface area contributed by atoms with Gasteiger partial charge in [0.1, 0.15) is 0 Å². The maximum absolute atomic E-state index is 12.0. The van der Waals surface area contributed by atoms with E-state index in [1.807, 2.05) is 26.0 Å². The molecule has 0 saturated carbocycles. The maximum atomic E-state index is 12.0. The third-order valence-corrected chi connectivity index (χ3v) is 3.34. The van der Waals surface area contributed by atoms with Crippen molar-refractivity contribution in [3.05, 3.63) is 28.8 Å². The molecule has 19 heavy (non-hydrogen) atoms. The highest BCUT2D eigenvalue weighted by molar-refractivity contribution is 6.52. The van der Waals surface area contributed by atoms with E-state index in [2.05, 4.69) is 12.2 Å². The van der Waals surface area contributed by atoms with Crippen molar-refractivity contribution in [1.82, 2.24) is 5.32 Å². The Morgan fingerprint density at radius 2 is 1.89 bits per heavy atom. The summed E-state index contributed by atoms with van der Waals surface area (Å²) in [6.07, 6.45) is 1.06. The second-order valence-electron chi connectivity index (χ2n) is 5.01. The van der Waals surface area contributed by atoms with Gasteiger partial charge in [-0.25, -0.2) is 0 Å². The van der Waals surface area contributed by atoms with E-state index in [4.69, 9.17) is 0 Å². The number of aryl methyl sites for hydroxylation is 2. The van der Waals surface area contributed by atoms with Gasteiger partial charge in [-0.05, 0) is 44.0 Å². The van der Waals surface area contributed by atoms with E-state index in [0.717, 1.165) is 29.8 Å². The van der Waals surface area contributed by atoms with Crippen LogP contribution < -0.4 is 10.2 Å². The molecule has 1 aromatic rings.